The van der Waals surface area contributed by atoms with Crippen LogP contribution in [-0.2, 0) is 0 Å². The topological polar surface area (TPSA) is 35.2 Å². The molecule has 59 valence electrons. The van der Waals surface area contributed by atoms with E-state index in [9.17, 15) is 0 Å². The molecule has 0 saturated carbocycles. The fraction of sp³-hybridized carbons (Fsp3) is 0.250. The lowest BCUT2D eigenvalue weighted by atomic mass is 10.3. The zero-order valence-electron chi connectivity index (χ0n) is 6.79. The molecule has 0 bridgehead atoms. The van der Waals surface area contributed by atoms with Gasteiger partial charge in [-0.3, -0.25) is 0 Å². The second kappa shape index (κ2) is 3.43. The molecule has 11 heavy (non-hydrogen) atoms. The zero-order chi connectivity index (χ0) is 8.27. The van der Waals surface area contributed by atoms with Crippen LogP contribution < -0.4 is 10.2 Å². The molecular weight excluding hydrogens is 154 g/mol. The molecule has 1 radical (unpaired) electrons. The van der Waals surface area contributed by atoms with Crippen LogP contribution in [0.15, 0.2) is 24.3 Å². The summed E-state index contributed by atoms with van der Waals surface area (Å²) in [5, 5.41) is 0. The Labute approximate surface area is 68.7 Å². The number of benzene rings is 1. The molecule has 0 aromatic heterocycles. The fourth-order valence-corrected chi connectivity index (χ4v) is 1.41. The monoisotopic (exact) mass is 166 g/mol. The summed E-state index contributed by atoms with van der Waals surface area (Å²) in [5.41, 5.74) is 6.32. The van der Waals surface area contributed by atoms with Gasteiger partial charge in [-0.05, 0) is 25.2 Å². The summed E-state index contributed by atoms with van der Waals surface area (Å²) in [6, 6.07) is 7.52. The highest BCUT2D eigenvalue weighted by molar-refractivity contribution is 6.49. The van der Waals surface area contributed by atoms with Gasteiger partial charge in [0, 0.05) is 11.8 Å². The Morgan fingerprint density at radius 3 is 2.64 bits per heavy atom. The van der Waals surface area contributed by atoms with Gasteiger partial charge in [0.1, 0.15) is 5.75 Å². The second-order valence-electron chi connectivity index (χ2n) is 2.58. The van der Waals surface area contributed by atoms with E-state index in [1.807, 2.05) is 24.3 Å². The summed E-state index contributed by atoms with van der Waals surface area (Å²) in [6.45, 7) is 4.18. The van der Waals surface area contributed by atoms with Crippen molar-refractivity contribution < 1.29 is 4.43 Å². The van der Waals surface area contributed by atoms with Crippen molar-refractivity contribution in [3.63, 3.8) is 0 Å². The molecule has 0 spiro atoms. The van der Waals surface area contributed by atoms with Crippen LogP contribution >= 0.6 is 0 Å². The Morgan fingerprint density at radius 1 is 1.36 bits per heavy atom. The molecule has 2 N–H and O–H groups in total. The summed E-state index contributed by atoms with van der Waals surface area (Å²) in [4.78, 5) is 0. The van der Waals surface area contributed by atoms with Gasteiger partial charge in [-0.1, -0.05) is 6.07 Å². The minimum absolute atomic E-state index is 0.659. The van der Waals surface area contributed by atoms with Gasteiger partial charge < -0.3 is 10.2 Å². The Balaban J connectivity index is 2.71. The third-order valence-corrected chi connectivity index (χ3v) is 1.82. The third kappa shape index (κ3) is 2.63. The van der Waals surface area contributed by atoms with E-state index >= 15 is 0 Å². The zero-order valence-corrected chi connectivity index (χ0v) is 7.79. The van der Waals surface area contributed by atoms with Crippen molar-refractivity contribution in [2.24, 2.45) is 0 Å². The van der Waals surface area contributed by atoms with Crippen LogP contribution in [0.4, 0.5) is 5.69 Å². The minimum atomic E-state index is -0.659. The molecular formula is C8H12NOSi. The Kier molecular flexibility index (Phi) is 2.54. The van der Waals surface area contributed by atoms with E-state index in [0.29, 0.717) is 0 Å². The molecule has 1 rings (SSSR count). The normalized spacial score (nSPS) is 10.1. The smallest absolute Gasteiger partial charge is 0.274 e. The van der Waals surface area contributed by atoms with E-state index in [1.54, 1.807) is 0 Å². The lowest BCUT2D eigenvalue weighted by molar-refractivity contribution is 0.581. The summed E-state index contributed by atoms with van der Waals surface area (Å²) < 4.78 is 5.52. The minimum Gasteiger partial charge on any atom is -0.543 e. The Bertz CT molecular complexity index is 237. The average molecular weight is 166 g/mol. The van der Waals surface area contributed by atoms with Crippen LogP contribution in [0, 0.1) is 0 Å². The van der Waals surface area contributed by atoms with Gasteiger partial charge in [-0.15, -0.1) is 0 Å². The van der Waals surface area contributed by atoms with Gasteiger partial charge in [0.05, 0.1) is 0 Å². The number of nitrogens with two attached hydrogens (primary N) is 1. The SMILES string of the molecule is C[Si](C)Oc1cccc(N)c1. The number of rotatable bonds is 2. The van der Waals surface area contributed by atoms with E-state index in [1.165, 1.54) is 0 Å². The van der Waals surface area contributed by atoms with Crippen molar-refractivity contribution in [2.45, 2.75) is 13.1 Å². The van der Waals surface area contributed by atoms with Crippen LogP contribution in [0.1, 0.15) is 0 Å². The van der Waals surface area contributed by atoms with Gasteiger partial charge in [0.2, 0.25) is 0 Å². The lowest BCUT2D eigenvalue weighted by Gasteiger charge is -2.07. The van der Waals surface area contributed by atoms with Crippen molar-refractivity contribution in [3.8, 4) is 5.75 Å². The highest BCUT2D eigenvalue weighted by atomic mass is 28.3. The summed E-state index contributed by atoms with van der Waals surface area (Å²) in [5.74, 6) is 0.879. The quantitative estimate of drug-likeness (QED) is 0.538. The molecule has 0 atom stereocenters. The number of hydrogen-bond donors (Lipinski definition) is 1. The van der Waals surface area contributed by atoms with Crippen LogP contribution in [0.5, 0.6) is 5.75 Å². The summed E-state index contributed by atoms with van der Waals surface area (Å²) >= 11 is 0. The van der Waals surface area contributed by atoms with Gasteiger partial charge in [-0.2, -0.15) is 0 Å². The van der Waals surface area contributed by atoms with E-state index in [0.717, 1.165) is 11.4 Å². The first-order valence-corrected chi connectivity index (χ1v) is 5.93. The summed E-state index contributed by atoms with van der Waals surface area (Å²) in [7, 11) is -0.659. The lowest BCUT2D eigenvalue weighted by Crippen LogP contribution is -2.11. The molecule has 1 aromatic rings. The molecule has 0 saturated heterocycles. The maximum absolute atomic E-state index is 5.57. The van der Waals surface area contributed by atoms with Crippen molar-refractivity contribution in [3.05, 3.63) is 24.3 Å². The van der Waals surface area contributed by atoms with Crippen molar-refractivity contribution in [2.75, 3.05) is 5.73 Å². The second-order valence-corrected chi connectivity index (χ2v) is 4.60. The molecule has 3 heteroatoms. The van der Waals surface area contributed by atoms with E-state index in [4.69, 9.17) is 10.2 Å². The van der Waals surface area contributed by atoms with Crippen LogP contribution in [-0.4, -0.2) is 9.04 Å². The third-order valence-electron chi connectivity index (χ3n) is 1.18. The number of anilines is 1. The van der Waals surface area contributed by atoms with E-state index < -0.39 is 9.04 Å². The van der Waals surface area contributed by atoms with Gasteiger partial charge in [-0.25, -0.2) is 0 Å². The number of nitrogen functional groups attached to an aromatic ring is 1. The van der Waals surface area contributed by atoms with E-state index in [2.05, 4.69) is 13.1 Å². The summed E-state index contributed by atoms with van der Waals surface area (Å²) in [6.07, 6.45) is 0. The first-order chi connectivity index (χ1) is 5.18. The maximum Gasteiger partial charge on any atom is 0.274 e. The Hall–Kier alpha value is -0.963. The molecule has 0 amide bonds. The molecule has 0 aliphatic heterocycles. The molecule has 0 aliphatic rings. The van der Waals surface area contributed by atoms with Gasteiger partial charge in [0.25, 0.3) is 9.04 Å². The standard InChI is InChI=1S/C8H12NOSi/c1-11(2)10-8-5-3-4-7(9)6-8/h3-6H,9H2,1-2H3. The van der Waals surface area contributed by atoms with Crippen LogP contribution in [0.3, 0.4) is 0 Å². The van der Waals surface area contributed by atoms with Gasteiger partial charge in [0.15, 0.2) is 0 Å². The molecule has 1 aromatic carbocycles. The van der Waals surface area contributed by atoms with Gasteiger partial charge >= 0.3 is 0 Å². The fourth-order valence-electron chi connectivity index (χ4n) is 0.814. The van der Waals surface area contributed by atoms with Crippen molar-refractivity contribution >= 4 is 14.7 Å². The number of hydrogen-bond acceptors (Lipinski definition) is 2. The van der Waals surface area contributed by atoms with Crippen LogP contribution in [0.25, 0.3) is 0 Å². The molecule has 0 heterocycles. The Morgan fingerprint density at radius 2 is 2.09 bits per heavy atom. The molecule has 2 nitrogen and oxygen atoms in total. The highest BCUT2D eigenvalue weighted by Crippen LogP contribution is 2.14. The predicted molar refractivity (Wildman–Crippen MR) is 49.0 cm³/mol. The van der Waals surface area contributed by atoms with Crippen LogP contribution in [0.2, 0.25) is 13.1 Å². The first-order valence-electron chi connectivity index (χ1n) is 3.52. The predicted octanol–water partition coefficient (Wildman–Crippen LogP) is 1.90. The van der Waals surface area contributed by atoms with E-state index in [-0.39, 0.29) is 0 Å². The molecule has 0 aliphatic carbocycles. The highest BCUT2D eigenvalue weighted by Gasteiger charge is 1.98. The maximum atomic E-state index is 5.57. The molecule has 0 fully saturated rings. The average Bonchev–Trinajstić information content (AvgIpc) is 1.85. The molecule has 0 unspecified atom stereocenters. The first kappa shape index (κ1) is 8.14. The largest absolute Gasteiger partial charge is 0.543 e. The van der Waals surface area contributed by atoms with Crippen molar-refractivity contribution in [1.82, 2.24) is 0 Å². The van der Waals surface area contributed by atoms with Crippen molar-refractivity contribution in [1.29, 1.82) is 0 Å².